The zero-order chi connectivity index (χ0) is 17.5. The lowest BCUT2D eigenvalue weighted by Crippen LogP contribution is -2.35. The van der Waals surface area contributed by atoms with Crippen molar-refractivity contribution in [3.63, 3.8) is 0 Å². The van der Waals surface area contributed by atoms with Gasteiger partial charge >= 0.3 is 12.1 Å². The van der Waals surface area contributed by atoms with Gasteiger partial charge in [-0.1, -0.05) is 0 Å². The van der Waals surface area contributed by atoms with Crippen LogP contribution in [0.25, 0.3) is 0 Å². The van der Waals surface area contributed by atoms with E-state index in [1.54, 1.807) is 34.6 Å². The molecule has 23 heavy (non-hydrogen) atoms. The van der Waals surface area contributed by atoms with Crippen molar-refractivity contribution in [1.82, 2.24) is 15.3 Å². The summed E-state index contributed by atoms with van der Waals surface area (Å²) in [5.41, 5.74) is 0.339. The minimum Gasteiger partial charge on any atom is -0.462 e. The summed E-state index contributed by atoms with van der Waals surface area (Å²) in [5.74, 6) is -0.0651. The van der Waals surface area contributed by atoms with Gasteiger partial charge in [0.2, 0.25) is 5.95 Å². The molecule has 0 unspecified atom stereocenters. The van der Waals surface area contributed by atoms with Crippen LogP contribution in [0.3, 0.4) is 0 Å². The molecule has 0 fully saturated rings. The highest BCUT2D eigenvalue weighted by atomic mass is 16.6. The maximum Gasteiger partial charge on any atom is 0.407 e. The zero-order valence-electron chi connectivity index (χ0n) is 14.2. The van der Waals surface area contributed by atoms with Crippen LogP contribution in [0.1, 0.15) is 43.7 Å². The number of carbonyl (C=O) groups excluding carboxylic acids is 2. The number of hydrogen-bond donors (Lipinski definition) is 2. The van der Waals surface area contributed by atoms with E-state index in [0.717, 1.165) is 0 Å². The molecule has 0 spiro atoms. The number of ether oxygens (including phenoxy) is 2. The molecule has 8 heteroatoms. The van der Waals surface area contributed by atoms with Crippen LogP contribution in [0.5, 0.6) is 0 Å². The van der Waals surface area contributed by atoms with Gasteiger partial charge in [-0.15, -0.1) is 0 Å². The highest BCUT2D eigenvalue weighted by molar-refractivity contribution is 5.90. The summed E-state index contributed by atoms with van der Waals surface area (Å²) in [4.78, 5) is 31.3. The van der Waals surface area contributed by atoms with Crippen LogP contribution in [0.15, 0.2) is 6.20 Å². The normalized spacial score (nSPS) is 10.8. The minimum atomic E-state index is -0.527. The third-order valence-corrected chi connectivity index (χ3v) is 2.55. The molecule has 8 nitrogen and oxygen atoms in total. The van der Waals surface area contributed by atoms with Gasteiger partial charge in [0.15, 0.2) is 0 Å². The van der Waals surface area contributed by atoms with Gasteiger partial charge in [0.05, 0.1) is 17.9 Å². The fraction of sp³-hybridized carbons (Fsp3) is 0.600. The first-order valence-corrected chi connectivity index (χ1v) is 7.44. The Balaban J connectivity index is 2.43. The summed E-state index contributed by atoms with van der Waals surface area (Å²) >= 11 is 0. The van der Waals surface area contributed by atoms with E-state index in [1.165, 1.54) is 6.20 Å². The molecule has 0 aromatic carbocycles. The van der Waals surface area contributed by atoms with Gasteiger partial charge in [0, 0.05) is 19.3 Å². The molecule has 0 aliphatic carbocycles. The van der Waals surface area contributed by atoms with Gasteiger partial charge in [-0.3, -0.25) is 0 Å². The van der Waals surface area contributed by atoms with Crippen molar-refractivity contribution in [2.45, 2.75) is 40.2 Å². The zero-order valence-corrected chi connectivity index (χ0v) is 14.2. The van der Waals surface area contributed by atoms with Crippen LogP contribution in [0, 0.1) is 6.92 Å². The SMILES string of the molecule is CCOC(=O)c1cnc(NCCNC(=O)OC(C)(C)C)nc1C. The molecule has 2 N–H and O–H groups in total. The lowest BCUT2D eigenvalue weighted by atomic mass is 10.2. The maximum atomic E-state index is 11.6. The van der Waals surface area contributed by atoms with Crippen molar-refractivity contribution in [2.24, 2.45) is 0 Å². The largest absolute Gasteiger partial charge is 0.462 e. The van der Waals surface area contributed by atoms with E-state index in [2.05, 4.69) is 20.6 Å². The smallest absolute Gasteiger partial charge is 0.407 e. The molecular formula is C15H24N4O4. The highest BCUT2D eigenvalue weighted by Crippen LogP contribution is 2.08. The van der Waals surface area contributed by atoms with Crippen LogP contribution in [0.2, 0.25) is 0 Å². The fourth-order valence-corrected chi connectivity index (χ4v) is 1.61. The van der Waals surface area contributed by atoms with Crippen LogP contribution >= 0.6 is 0 Å². The van der Waals surface area contributed by atoms with Crippen LogP contribution in [-0.2, 0) is 9.47 Å². The molecule has 0 saturated heterocycles. The van der Waals surface area contributed by atoms with E-state index in [4.69, 9.17) is 9.47 Å². The summed E-state index contributed by atoms with van der Waals surface area (Å²) in [7, 11) is 0. The molecule has 1 aromatic heterocycles. The molecule has 0 radical (unpaired) electrons. The van der Waals surface area contributed by atoms with Crippen LogP contribution in [0.4, 0.5) is 10.7 Å². The Morgan fingerprint density at radius 3 is 2.52 bits per heavy atom. The van der Waals surface area contributed by atoms with Crippen molar-refractivity contribution in [1.29, 1.82) is 0 Å². The topological polar surface area (TPSA) is 102 Å². The van der Waals surface area contributed by atoms with E-state index in [1.807, 2.05) is 0 Å². The van der Waals surface area contributed by atoms with Crippen LogP contribution in [-0.4, -0.2) is 47.3 Å². The molecule has 128 valence electrons. The fourth-order valence-electron chi connectivity index (χ4n) is 1.61. The summed E-state index contributed by atoms with van der Waals surface area (Å²) < 4.78 is 10.0. The number of carbonyl (C=O) groups is 2. The second-order valence-corrected chi connectivity index (χ2v) is 5.77. The average molecular weight is 324 g/mol. The minimum absolute atomic E-state index is 0.300. The summed E-state index contributed by atoms with van der Waals surface area (Å²) in [6, 6.07) is 0. The van der Waals surface area contributed by atoms with E-state index < -0.39 is 17.7 Å². The standard InChI is InChI=1S/C15H24N4O4/c1-6-22-12(20)11-9-18-13(19-10(11)2)16-7-8-17-14(21)23-15(3,4)5/h9H,6-8H2,1-5H3,(H,17,21)(H,16,18,19). The maximum absolute atomic E-state index is 11.6. The number of esters is 1. The Kier molecular flexibility index (Phi) is 6.74. The van der Waals surface area contributed by atoms with E-state index in [-0.39, 0.29) is 0 Å². The van der Waals surface area contributed by atoms with Gasteiger partial charge in [0.1, 0.15) is 5.60 Å². The number of rotatable bonds is 6. The second-order valence-electron chi connectivity index (χ2n) is 5.77. The monoisotopic (exact) mass is 324 g/mol. The van der Waals surface area contributed by atoms with Crippen molar-refractivity contribution < 1.29 is 19.1 Å². The highest BCUT2D eigenvalue weighted by Gasteiger charge is 2.15. The lowest BCUT2D eigenvalue weighted by molar-refractivity contribution is 0.0516. The van der Waals surface area contributed by atoms with Gasteiger partial charge in [-0.2, -0.15) is 0 Å². The number of alkyl carbamates (subject to hydrolysis) is 1. The van der Waals surface area contributed by atoms with Gasteiger partial charge in [-0.05, 0) is 34.6 Å². The third-order valence-electron chi connectivity index (χ3n) is 2.55. The number of hydrogen-bond acceptors (Lipinski definition) is 7. The van der Waals surface area contributed by atoms with E-state index >= 15 is 0 Å². The molecule has 0 bridgehead atoms. The summed E-state index contributed by atoms with van der Waals surface area (Å²) in [5, 5.41) is 5.57. The predicted octanol–water partition coefficient (Wildman–Crippen LogP) is 1.90. The van der Waals surface area contributed by atoms with Crippen molar-refractivity contribution in [3.05, 3.63) is 17.5 Å². The first-order valence-electron chi connectivity index (χ1n) is 7.44. The molecule has 0 aliphatic heterocycles. The van der Waals surface area contributed by atoms with E-state index in [0.29, 0.717) is 36.9 Å². The molecule has 1 amide bonds. The summed E-state index contributed by atoms with van der Waals surface area (Å²) in [6.07, 6.45) is 0.943. The second kappa shape index (κ2) is 8.30. The Labute approximate surface area is 136 Å². The third kappa shape index (κ3) is 6.94. The van der Waals surface area contributed by atoms with Crippen molar-refractivity contribution in [2.75, 3.05) is 25.0 Å². The number of amides is 1. The van der Waals surface area contributed by atoms with Gasteiger partial charge < -0.3 is 20.1 Å². The lowest BCUT2D eigenvalue weighted by Gasteiger charge is -2.19. The van der Waals surface area contributed by atoms with Gasteiger partial charge in [-0.25, -0.2) is 19.6 Å². The molecule has 0 aliphatic rings. The molecular weight excluding hydrogens is 300 g/mol. The number of nitrogens with one attached hydrogen (secondary N) is 2. The van der Waals surface area contributed by atoms with Gasteiger partial charge in [0.25, 0.3) is 0 Å². The predicted molar refractivity (Wildman–Crippen MR) is 85.5 cm³/mol. The number of anilines is 1. The van der Waals surface area contributed by atoms with Crippen LogP contribution < -0.4 is 10.6 Å². The average Bonchev–Trinajstić information content (AvgIpc) is 2.42. The quantitative estimate of drug-likeness (QED) is 0.608. The Morgan fingerprint density at radius 2 is 1.96 bits per heavy atom. The number of aromatic nitrogens is 2. The summed E-state index contributed by atoms with van der Waals surface area (Å²) in [6.45, 7) is 9.92. The molecule has 0 atom stereocenters. The number of nitrogens with zero attached hydrogens (tertiary/aromatic N) is 2. The van der Waals surface area contributed by atoms with Crippen molar-refractivity contribution >= 4 is 18.0 Å². The molecule has 0 saturated carbocycles. The Morgan fingerprint density at radius 1 is 1.26 bits per heavy atom. The Hall–Kier alpha value is -2.38. The molecule has 1 heterocycles. The molecule has 1 aromatic rings. The molecule has 1 rings (SSSR count). The van der Waals surface area contributed by atoms with E-state index in [9.17, 15) is 9.59 Å². The Bertz CT molecular complexity index is 555. The first kappa shape index (κ1) is 18.7. The number of aryl methyl sites for hydroxylation is 1. The first-order chi connectivity index (χ1) is 10.7. The van der Waals surface area contributed by atoms with Crippen molar-refractivity contribution in [3.8, 4) is 0 Å².